The second-order valence-corrected chi connectivity index (χ2v) is 6.60. The number of para-hydroxylation sites is 1. The molecule has 1 aromatic carbocycles. The van der Waals surface area contributed by atoms with E-state index in [1.54, 1.807) is 11.1 Å². The van der Waals surface area contributed by atoms with Crippen LogP contribution < -0.4 is 4.90 Å². The molecule has 0 unspecified atom stereocenters. The Labute approximate surface area is 161 Å². The Kier molecular flexibility index (Phi) is 6.18. The van der Waals surface area contributed by atoms with E-state index in [4.69, 9.17) is 5.26 Å². The molecule has 0 saturated heterocycles. The molecular formula is C19H18N6OS. The molecule has 27 heavy (non-hydrogen) atoms. The van der Waals surface area contributed by atoms with E-state index in [-0.39, 0.29) is 18.1 Å². The SMILES string of the molecule is Cn1c(SCC(=O)N(CCC#N)c2ccccc2)nnc1-c1ccccn1. The number of thioether (sulfide) groups is 1. The van der Waals surface area contributed by atoms with Crippen LogP contribution in [0.5, 0.6) is 0 Å². The number of hydrogen-bond acceptors (Lipinski definition) is 6. The summed E-state index contributed by atoms with van der Waals surface area (Å²) in [5.74, 6) is 0.771. The van der Waals surface area contributed by atoms with Gasteiger partial charge in [0.15, 0.2) is 11.0 Å². The Hall–Kier alpha value is -3.18. The fourth-order valence-electron chi connectivity index (χ4n) is 2.53. The zero-order valence-corrected chi connectivity index (χ0v) is 15.6. The van der Waals surface area contributed by atoms with Crippen LogP contribution in [0.2, 0.25) is 0 Å². The van der Waals surface area contributed by atoms with Crippen molar-refractivity contribution in [2.45, 2.75) is 11.6 Å². The lowest BCUT2D eigenvalue weighted by Crippen LogP contribution is -2.33. The fourth-order valence-corrected chi connectivity index (χ4v) is 3.32. The predicted molar refractivity (Wildman–Crippen MR) is 104 cm³/mol. The summed E-state index contributed by atoms with van der Waals surface area (Å²) in [5, 5.41) is 17.9. The molecule has 8 heteroatoms. The van der Waals surface area contributed by atoms with Crippen LogP contribution in [0.15, 0.2) is 59.9 Å². The molecule has 3 rings (SSSR count). The van der Waals surface area contributed by atoms with E-state index >= 15 is 0 Å². The molecule has 7 nitrogen and oxygen atoms in total. The Balaban J connectivity index is 1.71. The van der Waals surface area contributed by atoms with Crippen molar-refractivity contribution < 1.29 is 4.79 Å². The monoisotopic (exact) mass is 378 g/mol. The fraction of sp³-hybridized carbons (Fsp3) is 0.211. The first-order chi connectivity index (χ1) is 13.2. The van der Waals surface area contributed by atoms with Gasteiger partial charge < -0.3 is 9.47 Å². The van der Waals surface area contributed by atoms with Gasteiger partial charge in [-0.2, -0.15) is 5.26 Å². The Morgan fingerprint density at radius 3 is 2.67 bits per heavy atom. The van der Waals surface area contributed by atoms with Crippen molar-refractivity contribution in [2.75, 3.05) is 17.2 Å². The summed E-state index contributed by atoms with van der Waals surface area (Å²) in [6, 6.07) is 17.0. The van der Waals surface area contributed by atoms with Gasteiger partial charge in [0.2, 0.25) is 5.91 Å². The standard InChI is InChI=1S/C19H18N6OS/c1-24-18(16-10-5-6-12-21-16)22-23-19(24)27-14-17(26)25(13-7-11-20)15-8-3-2-4-9-15/h2-6,8-10,12H,7,13-14H2,1H3. The van der Waals surface area contributed by atoms with Crippen LogP contribution in [0, 0.1) is 11.3 Å². The molecule has 0 fully saturated rings. The number of anilines is 1. The maximum atomic E-state index is 12.7. The van der Waals surface area contributed by atoms with E-state index in [1.165, 1.54) is 11.8 Å². The molecule has 0 aliphatic carbocycles. The minimum atomic E-state index is -0.0798. The van der Waals surface area contributed by atoms with Crippen molar-refractivity contribution in [3.63, 3.8) is 0 Å². The lowest BCUT2D eigenvalue weighted by molar-refractivity contribution is -0.116. The number of pyridine rings is 1. The summed E-state index contributed by atoms with van der Waals surface area (Å²) in [6.45, 7) is 0.359. The molecular weight excluding hydrogens is 360 g/mol. The van der Waals surface area contributed by atoms with Crippen LogP contribution in [-0.2, 0) is 11.8 Å². The van der Waals surface area contributed by atoms with Crippen LogP contribution in [-0.4, -0.2) is 38.0 Å². The van der Waals surface area contributed by atoms with E-state index in [9.17, 15) is 4.79 Å². The number of hydrogen-bond donors (Lipinski definition) is 0. The molecule has 136 valence electrons. The van der Waals surface area contributed by atoms with Crippen LogP contribution in [0.1, 0.15) is 6.42 Å². The molecule has 3 aromatic rings. The summed E-state index contributed by atoms with van der Waals surface area (Å²) in [4.78, 5) is 18.6. The summed E-state index contributed by atoms with van der Waals surface area (Å²) >= 11 is 1.31. The Morgan fingerprint density at radius 1 is 1.19 bits per heavy atom. The molecule has 2 heterocycles. The summed E-state index contributed by atoms with van der Waals surface area (Å²) < 4.78 is 1.82. The van der Waals surface area contributed by atoms with Crippen LogP contribution in [0.3, 0.4) is 0 Å². The molecule has 0 bridgehead atoms. The lowest BCUT2D eigenvalue weighted by Gasteiger charge is -2.21. The van der Waals surface area contributed by atoms with Gasteiger partial charge in [-0.15, -0.1) is 10.2 Å². The van der Waals surface area contributed by atoms with E-state index in [2.05, 4.69) is 21.3 Å². The van der Waals surface area contributed by atoms with Gasteiger partial charge in [0.05, 0.1) is 18.2 Å². The van der Waals surface area contributed by atoms with Gasteiger partial charge in [-0.05, 0) is 24.3 Å². The smallest absolute Gasteiger partial charge is 0.237 e. The van der Waals surface area contributed by atoms with Crippen molar-refractivity contribution in [1.29, 1.82) is 5.26 Å². The van der Waals surface area contributed by atoms with Gasteiger partial charge in [-0.3, -0.25) is 9.78 Å². The highest BCUT2D eigenvalue weighted by molar-refractivity contribution is 7.99. The number of nitriles is 1. The summed E-state index contributed by atoms with van der Waals surface area (Å²) in [7, 11) is 1.85. The largest absolute Gasteiger partial charge is 0.311 e. The van der Waals surface area contributed by atoms with Gasteiger partial charge in [-0.1, -0.05) is 36.0 Å². The molecule has 0 atom stereocenters. The van der Waals surface area contributed by atoms with E-state index in [1.807, 2.05) is 60.1 Å². The van der Waals surface area contributed by atoms with Crippen LogP contribution >= 0.6 is 11.8 Å². The maximum Gasteiger partial charge on any atom is 0.237 e. The molecule has 0 radical (unpaired) electrons. The minimum Gasteiger partial charge on any atom is -0.311 e. The van der Waals surface area contributed by atoms with Gasteiger partial charge in [-0.25, -0.2) is 0 Å². The molecule has 0 aliphatic heterocycles. The van der Waals surface area contributed by atoms with Gasteiger partial charge in [0.25, 0.3) is 0 Å². The van der Waals surface area contributed by atoms with E-state index in [0.29, 0.717) is 17.5 Å². The van der Waals surface area contributed by atoms with Crippen molar-refractivity contribution >= 4 is 23.4 Å². The first-order valence-corrected chi connectivity index (χ1v) is 9.35. The quantitative estimate of drug-likeness (QED) is 0.588. The maximum absolute atomic E-state index is 12.7. The Morgan fingerprint density at radius 2 is 1.96 bits per heavy atom. The summed E-state index contributed by atoms with van der Waals surface area (Å²) in [6.07, 6.45) is 1.98. The third-order valence-electron chi connectivity index (χ3n) is 3.87. The highest BCUT2D eigenvalue weighted by atomic mass is 32.2. The van der Waals surface area contributed by atoms with Crippen molar-refractivity contribution in [2.24, 2.45) is 7.05 Å². The van der Waals surface area contributed by atoms with Crippen LogP contribution in [0.4, 0.5) is 5.69 Å². The van der Waals surface area contributed by atoms with Gasteiger partial charge >= 0.3 is 0 Å². The zero-order valence-electron chi connectivity index (χ0n) is 14.8. The minimum absolute atomic E-state index is 0.0798. The zero-order chi connectivity index (χ0) is 19.1. The average molecular weight is 378 g/mol. The molecule has 0 N–H and O–H groups in total. The number of carbonyl (C=O) groups is 1. The Bertz CT molecular complexity index is 936. The normalized spacial score (nSPS) is 10.4. The lowest BCUT2D eigenvalue weighted by atomic mass is 10.2. The molecule has 0 spiro atoms. The number of nitrogens with zero attached hydrogens (tertiary/aromatic N) is 6. The van der Waals surface area contributed by atoms with E-state index in [0.717, 1.165) is 11.4 Å². The van der Waals surface area contributed by atoms with Crippen molar-refractivity contribution in [1.82, 2.24) is 19.7 Å². The highest BCUT2D eigenvalue weighted by Crippen LogP contribution is 2.22. The van der Waals surface area contributed by atoms with Gasteiger partial charge in [0.1, 0.15) is 5.69 Å². The molecule has 2 aromatic heterocycles. The number of carbonyl (C=O) groups excluding carboxylic acids is 1. The number of amides is 1. The number of benzene rings is 1. The third-order valence-corrected chi connectivity index (χ3v) is 4.87. The average Bonchev–Trinajstić information content (AvgIpc) is 3.08. The second kappa shape index (κ2) is 8.96. The summed E-state index contributed by atoms with van der Waals surface area (Å²) in [5.41, 5.74) is 1.51. The number of aromatic nitrogens is 4. The topological polar surface area (TPSA) is 87.7 Å². The molecule has 0 aliphatic rings. The van der Waals surface area contributed by atoms with Gasteiger partial charge in [0, 0.05) is 25.5 Å². The molecule has 1 amide bonds. The van der Waals surface area contributed by atoms with Crippen LogP contribution in [0.25, 0.3) is 11.5 Å². The number of rotatable bonds is 7. The second-order valence-electron chi connectivity index (χ2n) is 5.66. The van der Waals surface area contributed by atoms with E-state index < -0.39 is 0 Å². The van der Waals surface area contributed by atoms with Crippen molar-refractivity contribution in [3.8, 4) is 17.6 Å². The first kappa shape index (κ1) is 18.6. The third kappa shape index (κ3) is 4.51. The first-order valence-electron chi connectivity index (χ1n) is 8.36. The highest BCUT2D eigenvalue weighted by Gasteiger charge is 2.18. The molecule has 0 saturated carbocycles. The van der Waals surface area contributed by atoms with Crippen molar-refractivity contribution in [3.05, 3.63) is 54.7 Å². The predicted octanol–water partition coefficient (Wildman–Crippen LogP) is 2.92.